The topological polar surface area (TPSA) is 81.8 Å². The van der Waals surface area contributed by atoms with Gasteiger partial charge in [-0.15, -0.1) is 0 Å². The summed E-state index contributed by atoms with van der Waals surface area (Å²) in [6.07, 6.45) is 9.57. The lowest BCUT2D eigenvalue weighted by molar-refractivity contribution is 0.143. The maximum Gasteiger partial charge on any atom is 0.333 e. The fourth-order valence-corrected chi connectivity index (χ4v) is 7.75. The minimum atomic E-state index is -3.86. The molecule has 0 spiro atoms. The summed E-state index contributed by atoms with van der Waals surface area (Å²) in [7, 11) is 0.242. The van der Waals surface area contributed by atoms with Crippen LogP contribution in [0.2, 0.25) is 0 Å². The monoisotopic (exact) mass is 432 g/mol. The first-order valence-electron chi connectivity index (χ1n) is 11.3. The van der Waals surface area contributed by atoms with Gasteiger partial charge in [-0.1, -0.05) is 6.07 Å². The van der Waals surface area contributed by atoms with Gasteiger partial charge in [-0.05, 0) is 101 Å². The second-order valence-electron chi connectivity index (χ2n) is 9.60. The van der Waals surface area contributed by atoms with Crippen LogP contribution >= 0.6 is 0 Å². The van der Waals surface area contributed by atoms with Gasteiger partial charge in [0.25, 0.3) is 0 Å². The van der Waals surface area contributed by atoms with E-state index in [-0.39, 0.29) is 12.1 Å². The molecule has 1 aromatic rings. The zero-order valence-corrected chi connectivity index (χ0v) is 18.7. The number of amides is 2. The van der Waals surface area contributed by atoms with Crippen LogP contribution in [0.1, 0.15) is 60.8 Å². The van der Waals surface area contributed by atoms with Crippen LogP contribution in [0.25, 0.3) is 0 Å². The molecule has 4 aliphatic rings. The van der Waals surface area contributed by atoms with Crippen molar-refractivity contribution in [2.24, 2.45) is 0 Å². The largest absolute Gasteiger partial charge is 0.333 e. The van der Waals surface area contributed by atoms with Gasteiger partial charge < -0.3 is 10.2 Å². The van der Waals surface area contributed by atoms with Crippen LogP contribution in [0.3, 0.4) is 0 Å². The molecule has 2 saturated heterocycles. The molecule has 2 aliphatic carbocycles. The molecule has 0 radical (unpaired) electrons. The van der Waals surface area contributed by atoms with E-state index in [4.69, 9.17) is 0 Å². The van der Waals surface area contributed by atoms with Crippen molar-refractivity contribution in [3.63, 3.8) is 0 Å². The number of hydrogen-bond donors (Lipinski definition) is 2. The standard InChI is InChI=1S/C22H32N4O3S/c1-25(2)18-12-16-9-10-17(13-18)26(16)30(28,29)24-22(27)23-21-19-7-3-5-14(19)11-15-6-4-8-20(15)21/h11,16-18H,3-10,12-13H2,1-2H3,(H2,23,24,27)/t16-,17+,18?. The Balaban J connectivity index is 1.33. The smallest absolute Gasteiger partial charge is 0.307 e. The Kier molecular flexibility index (Phi) is 5.07. The zero-order valence-electron chi connectivity index (χ0n) is 17.9. The van der Waals surface area contributed by atoms with E-state index in [1.807, 2.05) is 0 Å². The zero-order chi connectivity index (χ0) is 21.0. The number of rotatable bonds is 4. The molecule has 0 aromatic heterocycles. The van der Waals surface area contributed by atoms with Crippen LogP contribution in [-0.2, 0) is 35.9 Å². The summed E-state index contributed by atoms with van der Waals surface area (Å²) in [4.78, 5) is 15.0. The number of fused-ring (bicyclic) bond motifs is 4. The molecule has 7 nitrogen and oxygen atoms in total. The third-order valence-electron chi connectivity index (χ3n) is 7.58. The van der Waals surface area contributed by atoms with Crippen LogP contribution in [0.4, 0.5) is 10.5 Å². The molecule has 2 aliphatic heterocycles. The molecule has 2 N–H and O–H groups in total. The first-order chi connectivity index (χ1) is 14.3. The summed E-state index contributed by atoms with van der Waals surface area (Å²) >= 11 is 0. The molecule has 2 amide bonds. The van der Waals surface area contributed by atoms with Gasteiger partial charge in [-0.2, -0.15) is 12.7 Å². The van der Waals surface area contributed by atoms with Gasteiger partial charge in [0.05, 0.1) is 0 Å². The lowest BCUT2D eigenvalue weighted by atomic mass is 9.99. The molecule has 30 heavy (non-hydrogen) atoms. The quantitative estimate of drug-likeness (QED) is 0.766. The fourth-order valence-electron chi connectivity index (χ4n) is 6.20. The SMILES string of the molecule is CN(C)C1C[C@H]2CC[C@@H](C1)N2S(=O)(=O)NC(=O)Nc1c2c(cc3c1CCC3)CCC2. The summed E-state index contributed by atoms with van der Waals surface area (Å²) < 4.78 is 30.2. The third kappa shape index (κ3) is 3.42. The van der Waals surface area contributed by atoms with Gasteiger partial charge in [0.15, 0.2) is 0 Å². The van der Waals surface area contributed by atoms with Crippen molar-refractivity contribution < 1.29 is 13.2 Å². The summed E-state index contributed by atoms with van der Waals surface area (Å²) in [6.45, 7) is 0. The van der Waals surface area contributed by atoms with E-state index in [0.717, 1.165) is 69.9 Å². The summed E-state index contributed by atoms with van der Waals surface area (Å²) in [5.74, 6) is 0. The van der Waals surface area contributed by atoms with Crippen molar-refractivity contribution in [3.8, 4) is 0 Å². The van der Waals surface area contributed by atoms with Gasteiger partial charge in [0.1, 0.15) is 0 Å². The van der Waals surface area contributed by atoms with Crippen LogP contribution in [0, 0.1) is 0 Å². The number of carbonyl (C=O) groups is 1. The van der Waals surface area contributed by atoms with E-state index in [0.29, 0.717) is 6.04 Å². The highest BCUT2D eigenvalue weighted by molar-refractivity contribution is 7.87. The molecular formula is C22H32N4O3S. The molecule has 1 unspecified atom stereocenters. The van der Waals surface area contributed by atoms with Gasteiger partial charge in [0, 0.05) is 23.8 Å². The molecule has 0 saturated carbocycles. The van der Waals surface area contributed by atoms with Crippen LogP contribution < -0.4 is 10.0 Å². The van der Waals surface area contributed by atoms with Gasteiger partial charge in [-0.25, -0.2) is 9.52 Å². The summed E-state index contributed by atoms with van der Waals surface area (Å²) in [5.41, 5.74) is 5.92. The molecule has 2 heterocycles. The maximum absolute atomic E-state index is 13.1. The third-order valence-corrected chi connectivity index (χ3v) is 9.18. The van der Waals surface area contributed by atoms with Crippen LogP contribution in [0.15, 0.2) is 6.07 Å². The van der Waals surface area contributed by atoms with Crippen molar-refractivity contribution in [1.82, 2.24) is 13.9 Å². The van der Waals surface area contributed by atoms with Gasteiger partial charge in [-0.3, -0.25) is 0 Å². The predicted molar refractivity (Wildman–Crippen MR) is 117 cm³/mol. The van der Waals surface area contributed by atoms with E-state index < -0.39 is 16.2 Å². The van der Waals surface area contributed by atoms with E-state index in [9.17, 15) is 13.2 Å². The molecular weight excluding hydrogens is 400 g/mol. The maximum atomic E-state index is 13.1. The molecule has 8 heteroatoms. The number of anilines is 1. The number of aryl methyl sites for hydroxylation is 2. The number of urea groups is 1. The molecule has 2 fully saturated rings. The Morgan fingerprint density at radius 3 is 2.10 bits per heavy atom. The van der Waals surface area contributed by atoms with Crippen molar-refractivity contribution in [2.45, 2.75) is 82.3 Å². The highest BCUT2D eigenvalue weighted by atomic mass is 32.2. The fraction of sp³-hybridized carbons (Fsp3) is 0.682. The highest BCUT2D eigenvalue weighted by Crippen LogP contribution is 2.40. The molecule has 2 bridgehead atoms. The van der Waals surface area contributed by atoms with Crippen LogP contribution in [0.5, 0.6) is 0 Å². The number of nitrogens with one attached hydrogen (secondary N) is 2. The minimum absolute atomic E-state index is 0.0216. The van der Waals surface area contributed by atoms with E-state index in [1.165, 1.54) is 22.3 Å². The van der Waals surface area contributed by atoms with Crippen molar-refractivity contribution in [1.29, 1.82) is 0 Å². The van der Waals surface area contributed by atoms with Gasteiger partial charge in [0.2, 0.25) is 0 Å². The Morgan fingerprint density at radius 1 is 1.00 bits per heavy atom. The second kappa shape index (κ2) is 7.50. The van der Waals surface area contributed by atoms with E-state index >= 15 is 0 Å². The molecule has 164 valence electrons. The number of piperidine rings is 1. The Labute approximate surface area is 179 Å². The number of hydrogen-bond acceptors (Lipinski definition) is 4. The average Bonchev–Trinajstić information content (AvgIpc) is 3.39. The lowest BCUT2D eigenvalue weighted by Gasteiger charge is -2.40. The average molecular weight is 433 g/mol. The van der Waals surface area contributed by atoms with E-state index in [1.54, 1.807) is 4.31 Å². The van der Waals surface area contributed by atoms with Crippen molar-refractivity contribution in [2.75, 3.05) is 19.4 Å². The summed E-state index contributed by atoms with van der Waals surface area (Å²) in [6, 6.07) is 2.03. The Bertz CT molecular complexity index is 929. The number of benzene rings is 1. The lowest BCUT2D eigenvalue weighted by Crippen LogP contribution is -2.55. The Morgan fingerprint density at radius 2 is 1.57 bits per heavy atom. The molecule has 1 aromatic carbocycles. The van der Waals surface area contributed by atoms with Gasteiger partial charge >= 0.3 is 16.2 Å². The van der Waals surface area contributed by atoms with Crippen molar-refractivity contribution >= 4 is 21.9 Å². The first kappa shape index (κ1) is 20.3. The van der Waals surface area contributed by atoms with Crippen molar-refractivity contribution in [3.05, 3.63) is 28.3 Å². The minimum Gasteiger partial charge on any atom is -0.307 e. The first-order valence-corrected chi connectivity index (χ1v) is 12.7. The van der Waals surface area contributed by atoms with Crippen LogP contribution in [-0.4, -0.2) is 55.9 Å². The highest BCUT2D eigenvalue weighted by Gasteiger charge is 2.47. The molecule has 5 rings (SSSR count). The predicted octanol–water partition coefficient (Wildman–Crippen LogP) is 2.59. The second-order valence-corrected chi connectivity index (χ2v) is 11.2. The number of nitrogens with zero attached hydrogens (tertiary/aromatic N) is 2. The van der Waals surface area contributed by atoms with E-state index in [2.05, 4.69) is 35.1 Å². The summed E-state index contributed by atoms with van der Waals surface area (Å²) in [5, 5.41) is 2.95. The number of carbonyl (C=O) groups excluding carboxylic acids is 1. The Hall–Kier alpha value is -1.64. The molecule has 3 atom stereocenters. The normalized spacial score (nSPS) is 27.9.